The second-order valence-electron chi connectivity index (χ2n) is 4.89. The van der Waals surface area contributed by atoms with Gasteiger partial charge in [0.25, 0.3) is 0 Å². The van der Waals surface area contributed by atoms with E-state index in [0.29, 0.717) is 10.8 Å². The summed E-state index contributed by atoms with van der Waals surface area (Å²) in [5.41, 5.74) is 1.53. The van der Waals surface area contributed by atoms with Gasteiger partial charge in [-0.2, -0.15) is 0 Å². The molecule has 3 rings (SSSR count). The van der Waals surface area contributed by atoms with Gasteiger partial charge >= 0.3 is 0 Å². The summed E-state index contributed by atoms with van der Waals surface area (Å²) in [6, 6.07) is 13.9. The molecule has 2 N–H and O–H groups in total. The first kappa shape index (κ1) is 14.0. The van der Waals surface area contributed by atoms with Crippen molar-refractivity contribution in [1.82, 2.24) is 5.32 Å². The molecular formula is C15H14N2O2S2. The minimum atomic E-state index is -2.99. The largest absolute Gasteiger partial charge is 0.335 e. The van der Waals surface area contributed by atoms with E-state index in [1.165, 1.54) is 0 Å². The van der Waals surface area contributed by atoms with E-state index in [0.717, 1.165) is 16.5 Å². The molecule has 0 saturated heterocycles. The highest BCUT2D eigenvalue weighted by Crippen LogP contribution is 2.23. The van der Waals surface area contributed by atoms with Gasteiger partial charge in [0, 0.05) is 16.8 Å². The third kappa shape index (κ3) is 3.22. The lowest BCUT2D eigenvalue weighted by molar-refractivity contribution is 0.603. The van der Waals surface area contributed by atoms with E-state index >= 15 is 0 Å². The number of anilines is 1. The Balaban J connectivity index is 1.75. The predicted molar refractivity (Wildman–Crippen MR) is 90.0 cm³/mol. The first-order valence-electron chi connectivity index (χ1n) is 6.49. The average Bonchev–Trinajstić information content (AvgIpc) is 2.78. The molecule has 108 valence electrons. The molecule has 0 bridgehead atoms. The van der Waals surface area contributed by atoms with Gasteiger partial charge in [0.15, 0.2) is 14.9 Å². The van der Waals surface area contributed by atoms with Gasteiger partial charge < -0.3 is 10.6 Å². The van der Waals surface area contributed by atoms with E-state index in [1.807, 2.05) is 42.5 Å². The van der Waals surface area contributed by atoms with Crippen molar-refractivity contribution in [3.63, 3.8) is 0 Å². The molecule has 0 unspecified atom stereocenters. The van der Waals surface area contributed by atoms with Crippen LogP contribution in [0.5, 0.6) is 0 Å². The number of thiocarbonyl (C=S) groups is 1. The van der Waals surface area contributed by atoms with Crippen molar-refractivity contribution < 1.29 is 8.42 Å². The molecule has 0 aliphatic carbocycles. The number of hydrogen-bond acceptors (Lipinski definition) is 3. The van der Waals surface area contributed by atoms with E-state index in [2.05, 4.69) is 10.6 Å². The van der Waals surface area contributed by atoms with Crippen LogP contribution in [0.2, 0.25) is 0 Å². The Morgan fingerprint density at radius 3 is 2.57 bits per heavy atom. The molecule has 0 saturated carbocycles. The van der Waals surface area contributed by atoms with Gasteiger partial charge in [-0.25, -0.2) is 8.42 Å². The van der Waals surface area contributed by atoms with Crippen LogP contribution < -0.4 is 10.6 Å². The fourth-order valence-corrected chi connectivity index (χ4v) is 3.78. The number of nitrogens with one attached hydrogen (secondary N) is 2. The first-order valence-corrected chi connectivity index (χ1v) is 8.72. The quantitative estimate of drug-likeness (QED) is 0.833. The summed E-state index contributed by atoms with van der Waals surface area (Å²) in [7, 11) is -2.99. The Bertz CT molecular complexity index is 836. The first-order chi connectivity index (χ1) is 10.0. The lowest BCUT2D eigenvalue weighted by Crippen LogP contribution is -2.29. The molecule has 0 aromatic heterocycles. The second kappa shape index (κ2) is 5.46. The summed E-state index contributed by atoms with van der Waals surface area (Å²) in [6.45, 7) is 0. The van der Waals surface area contributed by atoms with Gasteiger partial charge in [-0.05, 0) is 29.7 Å². The molecule has 2 aromatic rings. The summed E-state index contributed by atoms with van der Waals surface area (Å²) in [5, 5.41) is 8.66. The topological polar surface area (TPSA) is 58.2 Å². The van der Waals surface area contributed by atoms with E-state index in [4.69, 9.17) is 12.2 Å². The highest BCUT2D eigenvalue weighted by molar-refractivity contribution is 7.92. The second-order valence-corrected chi connectivity index (χ2v) is 7.41. The average molecular weight is 318 g/mol. The van der Waals surface area contributed by atoms with Crippen molar-refractivity contribution in [1.29, 1.82) is 0 Å². The zero-order valence-corrected chi connectivity index (χ0v) is 12.8. The Hall–Kier alpha value is -1.92. The number of benzene rings is 2. The molecule has 1 aliphatic heterocycles. The molecule has 0 radical (unpaired) electrons. The molecule has 21 heavy (non-hydrogen) atoms. The Morgan fingerprint density at radius 1 is 1.05 bits per heavy atom. The summed E-state index contributed by atoms with van der Waals surface area (Å²) >= 11 is 5.25. The zero-order valence-electron chi connectivity index (χ0n) is 11.2. The van der Waals surface area contributed by atoms with Crippen molar-refractivity contribution in [3.8, 4) is 0 Å². The van der Waals surface area contributed by atoms with Gasteiger partial charge in [0.05, 0.1) is 11.5 Å². The fraction of sp³-hybridized carbons (Fsp3) is 0.133. The lowest BCUT2D eigenvalue weighted by atomic mass is 10.1. The Morgan fingerprint density at radius 2 is 1.81 bits per heavy atom. The van der Waals surface area contributed by atoms with Crippen molar-refractivity contribution in [2.45, 2.75) is 0 Å². The molecule has 1 aliphatic rings. The molecule has 0 fully saturated rings. The van der Waals surface area contributed by atoms with Crippen LogP contribution in [-0.2, 0) is 9.84 Å². The molecule has 4 nitrogen and oxygen atoms in total. The normalized spacial score (nSPS) is 16.5. The smallest absolute Gasteiger partial charge is 0.175 e. The lowest BCUT2D eigenvalue weighted by Gasteiger charge is -2.12. The highest BCUT2D eigenvalue weighted by Gasteiger charge is 2.20. The van der Waals surface area contributed by atoms with Crippen molar-refractivity contribution in [2.24, 2.45) is 0 Å². The maximum Gasteiger partial charge on any atom is 0.175 e. The van der Waals surface area contributed by atoms with Crippen molar-refractivity contribution in [2.75, 3.05) is 16.8 Å². The molecule has 0 amide bonds. The standard InChI is InChI=1S/C15H14N2O2S2/c18-21(19)9-8-12(10-21)16-15(20)17-14-7-3-5-11-4-1-2-6-13(11)14/h1-8H,9-10H2,(H2,16,17,20). The van der Waals surface area contributed by atoms with Crippen LogP contribution in [0.4, 0.5) is 5.69 Å². The summed E-state index contributed by atoms with van der Waals surface area (Å²) < 4.78 is 22.8. The third-order valence-corrected chi connectivity index (χ3v) is 4.90. The van der Waals surface area contributed by atoms with Crippen LogP contribution in [0.15, 0.2) is 54.2 Å². The van der Waals surface area contributed by atoms with E-state index in [9.17, 15) is 8.42 Å². The van der Waals surface area contributed by atoms with Gasteiger partial charge in [0.1, 0.15) is 0 Å². The fourth-order valence-electron chi connectivity index (χ4n) is 2.30. The Labute approximate surface area is 128 Å². The van der Waals surface area contributed by atoms with Gasteiger partial charge in [-0.1, -0.05) is 36.4 Å². The van der Waals surface area contributed by atoms with Crippen LogP contribution in [0, 0.1) is 0 Å². The zero-order chi connectivity index (χ0) is 14.9. The summed E-state index contributed by atoms with van der Waals surface area (Å²) in [6.07, 6.45) is 1.66. The van der Waals surface area contributed by atoms with Gasteiger partial charge in [-0.15, -0.1) is 0 Å². The minimum Gasteiger partial charge on any atom is -0.335 e. The predicted octanol–water partition coefficient (Wildman–Crippen LogP) is 2.44. The maximum absolute atomic E-state index is 11.4. The van der Waals surface area contributed by atoms with Crippen LogP contribution in [-0.4, -0.2) is 25.0 Å². The van der Waals surface area contributed by atoms with Crippen LogP contribution >= 0.6 is 12.2 Å². The van der Waals surface area contributed by atoms with E-state index in [1.54, 1.807) is 6.08 Å². The maximum atomic E-state index is 11.4. The highest BCUT2D eigenvalue weighted by atomic mass is 32.2. The SMILES string of the molecule is O=S1(=O)CC=C(NC(=S)Nc2cccc3ccccc23)C1. The molecule has 6 heteroatoms. The van der Waals surface area contributed by atoms with Crippen molar-refractivity contribution in [3.05, 3.63) is 54.2 Å². The molecule has 2 aromatic carbocycles. The minimum absolute atomic E-state index is 0.0182. The molecule has 0 atom stereocenters. The number of fused-ring (bicyclic) bond motifs is 1. The van der Waals surface area contributed by atoms with Crippen LogP contribution in [0.3, 0.4) is 0 Å². The van der Waals surface area contributed by atoms with Crippen LogP contribution in [0.25, 0.3) is 10.8 Å². The molecule has 1 heterocycles. The van der Waals surface area contributed by atoms with E-state index in [-0.39, 0.29) is 11.5 Å². The van der Waals surface area contributed by atoms with Crippen molar-refractivity contribution >= 4 is 43.6 Å². The van der Waals surface area contributed by atoms with Gasteiger partial charge in [0.2, 0.25) is 0 Å². The number of rotatable bonds is 2. The Kier molecular flexibility index (Phi) is 3.65. The number of hydrogen-bond donors (Lipinski definition) is 2. The monoisotopic (exact) mass is 318 g/mol. The van der Waals surface area contributed by atoms with Gasteiger partial charge in [-0.3, -0.25) is 0 Å². The number of sulfone groups is 1. The summed E-state index contributed by atoms with van der Waals surface area (Å²) in [4.78, 5) is 0. The third-order valence-electron chi connectivity index (χ3n) is 3.27. The van der Waals surface area contributed by atoms with Crippen LogP contribution in [0.1, 0.15) is 0 Å². The molecule has 0 spiro atoms. The van der Waals surface area contributed by atoms with E-state index < -0.39 is 9.84 Å². The summed E-state index contributed by atoms with van der Waals surface area (Å²) in [5.74, 6) is 0.0938. The molecular weight excluding hydrogens is 304 g/mol.